The number of phenolic OH excluding ortho intramolecular Hbond substituents is 1. The van der Waals surface area contributed by atoms with Crippen LogP contribution in [0.1, 0.15) is 10.4 Å². The first-order chi connectivity index (χ1) is 13.2. The number of aromatic hydroxyl groups is 1. The Balaban J connectivity index is 1.39. The van der Waals surface area contributed by atoms with Crippen molar-refractivity contribution in [2.24, 2.45) is 0 Å². The number of esters is 1. The summed E-state index contributed by atoms with van der Waals surface area (Å²) in [6.45, 7) is 1.36. The van der Waals surface area contributed by atoms with Gasteiger partial charge in [0.05, 0.1) is 12.2 Å². The Bertz CT molecular complexity index is 910. The first-order valence-corrected chi connectivity index (χ1v) is 8.63. The lowest BCUT2D eigenvalue weighted by molar-refractivity contribution is 0.0735. The van der Waals surface area contributed by atoms with Crippen molar-refractivity contribution in [2.75, 3.05) is 13.2 Å². The van der Waals surface area contributed by atoms with Crippen LogP contribution >= 0.6 is 0 Å². The van der Waals surface area contributed by atoms with Gasteiger partial charge in [-0.25, -0.2) is 4.79 Å². The van der Waals surface area contributed by atoms with E-state index in [1.807, 2.05) is 36.4 Å². The maximum Gasteiger partial charge on any atom is 0.343 e. The van der Waals surface area contributed by atoms with Gasteiger partial charge in [0.1, 0.15) is 30.0 Å². The molecule has 0 amide bonds. The van der Waals surface area contributed by atoms with Crippen molar-refractivity contribution in [2.45, 2.75) is 6.10 Å². The summed E-state index contributed by atoms with van der Waals surface area (Å²) in [5, 5.41) is 9.28. The minimum Gasteiger partial charge on any atom is -0.508 e. The monoisotopic (exact) mass is 362 g/mol. The summed E-state index contributed by atoms with van der Waals surface area (Å²) in [4.78, 5) is 12.1. The van der Waals surface area contributed by atoms with Crippen LogP contribution in [-0.2, 0) is 4.74 Å². The molecule has 0 aliphatic carbocycles. The van der Waals surface area contributed by atoms with Crippen LogP contribution in [0, 0.1) is 0 Å². The van der Waals surface area contributed by atoms with Gasteiger partial charge in [0.25, 0.3) is 0 Å². The summed E-state index contributed by atoms with van der Waals surface area (Å²) in [5.74, 6) is 0.909. The van der Waals surface area contributed by atoms with Gasteiger partial charge in [0.15, 0.2) is 0 Å². The van der Waals surface area contributed by atoms with Gasteiger partial charge in [0.2, 0.25) is 0 Å². The van der Waals surface area contributed by atoms with Crippen molar-refractivity contribution >= 4 is 5.97 Å². The molecule has 1 aliphatic heterocycles. The van der Waals surface area contributed by atoms with E-state index in [1.54, 1.807) is 12.1 Å². The molecule has 27 heavy (non-hydrogen) atoms. The number of ether oxygens (including phenoxy) is 3. The van der Waals surface area contributed by atoms with Gasteiger partial charge < -0.3 is 19.3 Å². The summed E-state index contributed by atoms with van der Waals surface area (Å²) >= 11 is 0. The molecule has 1 fully saturated rings. The molecule has 1 saturated heterocycles. The average molecular weight is 362 g/mol. The Morgan fingerprint density at radius 1 is 0.889 bits per heavy atom. The maximum absolute atomic E-state index is 12.1. The highest BCUT2D eigenvalue weighted by Gasteiger charge is 2.22. The molecule has 5 heteroatoms. The molecule has 0 saturated carbocycles. The maximum atomic E-state index is 12.1. The molecule has 0 spiro atoms. The van der Waals surface area contributed by atoms with Crippen molar-refractivity contribution < 1.29 is 24.1 Å². The first kappa shape index (κ1) is 17.1. The summed E-state index contributed by atoms with van der Waals surface area (Å²) < 4.78 is 16.1. The highest BCUT2D eigenvalue weighted by Crippen LogP contribution is 2.25. The van der Waals surface area contributed by atoms with Gasteiger partial charge in [0, 0.05) is 0 Å². The van der Waals surface area contributed by atoms with E-state index in [2.05, 4.69) is 0 Å². The Morgan fingerprint density at radius 3 is 2.00 bits per heavy atom. The smallest absolute Gasteiger partial charge is 0.343 e. The van der Waals surface area contributed by atoms with Crippen LogP contribution in [0.2, 0.25) is 0 Å². The predicted molar refractivity (Wildman–Crippen MR) is 100 cm³/mol. The minimum atomic E-state index is -0.469. The molecule has 1 aliphatic rings. The number of hydrogen-bond donors (Lipinski definition) is 1. The van der Waals surface area contributed by atoms with Gasteiger partial charge in [-0.05, 0) is 59.7 Å². The molecule has 0 aromatic heterocycles. The quantitative estimate of drug-likeness (QED) is 0.407. The lowest BCUT2D eigenvalue weighted by atomic mass is 10.1. The third-order valence-electron chi connectivity index (χ3n) is 4.19. The molecule has 1 heterocycles. The lowest BCUT2D eigenvalue weighted by Crippen LogP contribution is -2.07. The fraction of sp³-hybridized carbons (Fsp3) is 0.136. The van der Waals surface area contributed by atoms with Crippen molar-refractivity contribution in [3.63, 3.8) is 0 Å². The Kier molecular flexibility index (Phi) is 4.77. The van der Waals surface area contributed by atoms with Crippen molar-refractivity contribution in [1.82, 2.24) is 0 Å². The molecule has 4 rings (SSSR count). The lowest BCUT2D eigenvalue weighted by Gasteiger charge is -2.08. The third kappa shape index (κ3) is 4.46. The van der Waals surface area contributed by atoms with Gasteiger partial charge in [-0.3, -0.25) is 0 Å². The zero-order valence-corrected chi connectivity index (χ0v) is 14.5. The standard InChI is InChI=1S/C22H18O5/c23-18-7-1-17(2-8-18)22(24)27-20-11-5-16(6-12-20)15-3-9-19(10-4-15)25-13-21-14-26-21/h1-12,21,23H,13-14H2. The Morgan fingerprint density at radius 2 is 1.44 bits per heavy atom. The van der Waals surface area contributed by atoms with E-state index in [4.69, 9.17) is 14.2 Å². The zero-order valence-electron chi connectivity index (χ0n) is 14.5. The van der Waals surface area contributed by atoms with E-state index < -0.39 is 5.97 Å². The number of phenols is 1. The molecule has 1 unspecified atom stereocenters. The zero-order chi connectivity index (χ0) is 18.6. The number of carbonyl (C=O) groups excluding carboxylic acids is 1. The van der Waals surface area contributed by atoms with Crippen LogP contribution in [0.25, 0.3) is 11.1 Å². The van der Waals surface area contributed by atoms with Gasteiger partial charge in [-0.2, -0.15) is 0 Å². The highest BCUT2D eigenvalue weighted by molar-refractivity contribution is 5.91. The fourth-order valence-electron chi connectivity index (χ4n) is 2.58. The van der Waals surface area contributed by atoms with Crippen molar-refractivity contribution in [3.8, 4) is 28.4 Å². The largest absolute Gasteiger partial charge is 0.508 e. The summed E-state index contributed by atoms with van der Waals surface area (Å²) in [6, 6.07) is 21.1. The van der Waals surface area contributed by atoms with Crippen molar-refractivity contribution in [1.29, 1.82) is 0 Å². The van der Waals surface area contributed by atoms with E-state index in [0.717, 1.165) is 23.5 Å². The molecular formula is C22H18O5. The predicted octanol–water partition coefficient (Wildman–Crippen LogP) is 4.06. The summed E-state index contributed by atoms with van der Waals surface area (Å²) in [7, 11) is 0. The van der Waals surface area contributed by atoms with Crippen LogP contribution in [0.5, 0.6) is 17.2 Å². The van der Waals surface area contributed by atoms with Crippen LogP contribution in [0.3, 0.4) is 0 Å². The Labute approximate surface area is 156 Å². The number of carbonyl (C=O) groups is 1. The van der Waals surface area contributed by atoms with E-state index in [-0.39, 0.29) is 11.9 Å². The van der Waals surface area contributed by atoms with Crippen molar-refractivity contribution in [3.05, 3.63) is 78.4 Å². The van der Waals surface area contributed by atoms with E-state index in [0.29, 0.717) is 17.9 Å². The molecule has 1 atom stereocenters. The number of benzene rings is 3. The van der Waals surface area contributed by atoms with Gasteiger partial charge in [-0.1, -0.05) is 24.3 Å². The van der Waals surface area contributed by atoms with E-state index in [1.165, 1.54) is 24.3 Å². The first-order valence-electron chi connectivity index (χ1n) is 8.63. The second kappa shape index (κ2) is 7.51. The number of hydrogen-bond acceptors (Lipinski definition) is 5. The normalized spacial score (nSPS) is 15.2. The topological polar surface area (TPSA) is 68.3 Å². The second-order valence-corrected chi connectivity index (χ2v) is 6.25. The molecule has 3 aromatic carbocycles. The van der Waals surface area contributed by atoms with Crippen LogP contribution in [-0.4, -0.2) is 30.4 Å². The molecule has 1 N–H and O–H groups in total. The SMILES string of the molecule is O=C(Oc1ccc(-c2ccc(OCC3CO3)cc2)cc1)c1ccc(O)cc1. The number of rotatable bonds is 6. The average Bonchev–Trinajstić information content (AvgIpc) is 3.52. The molecule has 3 aromatic rings. The third-order valence-corrected chi connectivity index (χ3v) is 4.19. The van der Waals surface area contributed by atoms with Gasteiger partial charge >= 0.3 is 5.97 Å². The molecule has 0 radical (unpaired) electrons. The summed E-state index contributed by atoms with van der Waals surface area (Å²) in [5.41, 5.74) is 2.43. The van der Waals surface area contributed by atoms with Gasteiger partial charge in [-0.15, -0.1) is 0 Å². The molecule has 5 nitrogen and oxygen atoms in total. The van der Waals surface area contributed by atoms with E-state index in [9.17, 15) is 9.90 Å². The molecular weight excluding hydrogens is 344 g/mol. The Hall–Kier alpha value is -3.31. The van der Waals surface area contributed by atoms with E-state index >= 15 is 0 Å². The van der Waals surface area contributed by atoms with Crippen LogP contribution < -0.4 is 9.47 Å². The molecule has 136 valence electrons. The fourth-order valence-corrected chi connectivity index (χ4v) is 2.58. The molecule has 0 bridgehead atoms. The van der Waals surface area contributed by atoms with Crippen LogP contribution in [0.15, 0.2) is 72.8 Å². The van der Waals surface area contributed by atoms with Crippen LogP contribution in [0.4, 0.5) is 0 Å². The highest BCUT2D eigenvalue weighted by atomic mass is 16.6. The minimum absolute atomic E-state index is 0.105. The number of epoxide rings is 1. The second-order valence-electron chi connectivity index (χ2n) is 6.25. The summed E-state index contributed by atoms with van der Waals surface area (Å²) in [6.07, 6.45) is 0.238.